The summed E-state index contributed by atoms with van der Waals surface area (Å²) in [4.78, 5) is 1.46. The Kier molecular flexibility index (Phi) is 1.18. The number of rotatable bonds is 0. The molecule has 0 saturated heterocycles. The first-order valence-corrected chi connectivity index (χ1v) is 6.24. The summed E-state index contributed by atoms with van der Waals surface area (Å²) in [5, 5.41) is 1.33. The van der Waals surface area contributed by atoms with Gasteiger partial charge in [0.25, 0.3) is 0 Å². The summed E-state index contributed by atoms with van der Waals surface area (Å²) in [5.41, 5.74) is 4.87. The fourth-order valence-electron chi connectivity index (χ4n) is 2.08. The molecule has 0 fully saturated rings. The van der Waals surface area contributed by atoms with Crippen LogP contribution in [-0.4, -0.2) is 0 Å². The second kappa shape index (κ2) is 2.29. The van der Waals surface area contributed by atoms with Crippen molar-refractivity contribution in [3.8, 4) is 0 Å². The smallest absolute Gasteiger partial charge is 0.0616 e. The van der Waals surface area contributed by atoms with Gasteiger partial charge in [-0.05, 0) is 30.2 Å². The van der Waals surface area contributed by atoms with E-state index in [-0.39, 0.29) is 0 Å². The Morgan fingerprint density at radius 2 is 2.21 bits per heavy atom. The first-order chi connectivity index (χ1) is 6.93. The molecule has 0 aliphatic heterocycles. The summed E-state index contributed by atoms with van der Waals surface area (Å²) in [6.07, 6.45) is 9.83. The number of thiophene rings is 2. The van der Waals surface area contributed by atoms with E-state index in [0.29, 0.717) is 0 Å². The molecule has 2 aromatic rings. The molecule has 0 aromatic carbocycles. The van der Waals surface area contributed by atoms with E-state index in [4.69, 9.17) is 0 Å². The van der Waals surface area contributed by atoms with Gasteiger partial charge < -0.3 is 0 Å². The van der Waals surface area contributed by atoms with Crippen LogP contribution in [0.3, 0.4) is 0 Å². The maximum absolute atomic E-state index is 3.33. The lowest BCUT2D eigenvalue weighted by Crippen LogP contribution is -2.12. The van der Waals surface area contributed by atoms with E-state index in [1.807, 2.05) is 28.7 Å². The molecule has 14 heavy (non-hydrogen) atoms. The summed E-state index contributed by atoms with van der Waals surface area (Å²) in [7, 11) is 0. The van der Waals surface area contributed by atoms with Crippen LogP contribution in [0, 0.1) is 0 Å². The largest absolute Gasteiger partial charge is 0.133 e. The number of fused-ring (bicyclic) bond motifs is 5. The molecule has 0 bridgehead atoms. The van der Waals surface area contributed by atoms with Crippen LogP contribution in [0.15, 0.2) is 12.2 Å². The molecule has 2 heteroatoms. The number of hydrogen-bond donors (Lipinski definition) is 0. The average molecular weight is 214 g/mol. The Labute approximate surface area is 88.8 Å². The van der Waals surface area contributed by atoms with Crippen LogP contribution < -0.4 is 9.75 Å². The van der Waals surface area contributed by atoms with Gasteiger partial charge in [0.1, 0.15) is 0 Å². The predicted octanol–water partition coefficient (Wildman–Crippen LogP) is 2.26. The molecule has 0 saturated carbocycles. The lowest BCUT2D eigenvalue weighted by molar-refractivity contribution is 1.37. The molecular weight excluding hydrogens is 208 g/mol. The topological polar surface area (TPSA) is 0 Å². The van der Waals surface area contributed by atoms with Gasteiger partial charge in [0.2, 0.25) is 0 Å². The molecule has 4 rings (SSSR count). The van der Waals surface area contributed by atoms with Gasteiger partial charge in [-0.3, -0.25) is 0 Å². The van der Waals surface area contributed by atoms with Gasteiger partial charge in [-0.1, -0.05) is 6.08 Å². The van der Waals surface area contributed by atoms with Crippen molar-refractivity contribution in [2.75, 3.05) is 0 Å². The van der Waals surface area contributed by atoms with Crippen LogP contribution in [0.4, 0.5) is 0 Å². The van der Waals surface area contributed by atoms with E-state index in [1.165, 1.54) is 24.0 Å². The molecular formula is C12H6S2. The summed E-state index contributed by atoms with van der Waals surface area (Å²) in [6.45, 7) is 0. The van der Waals surface area contributed by atoms with Crippen molar-refractivity contribution in [3.63, 3.8) is 0 Å². The van der Waals surface area contributed by atoms with Crippen molar-refractivity contribution in [3.05, 3.63) is 32.3 Å². The van der Waals surface area contributed by atoms with Crippen LogP contribution in [0.25, 0.3) is 27.3 Å². The lowest BCUT2D eigenvalue weighted by atomic mass is 10.2. The summed E-state index contributed by atoms with van der Waals surface area (Å²) >= 11 is 3.84. The van der Waals surface area contributed by atoms with Gasteiger partial charge in [-0.25, -0.2) is 0 Å². The highest BCUT2D eigenvalue weighted by Crippen LogP contribution is 2.36. The van der Waals surface area contributed by atoms with E-state index >= 15 is 0 Å². The zero-order valence-corrected chi connectivity index (χ0v) is 8.97. The van der Waals surface area contributed by atoms with E-state index in [2.05, 4.69) is 24.0 Å². The van der Waals surface area contributed by atoms with Crippen LogP contribution >= 0.6 is 22.7 Å². The van der Waals surface area contributed by atoms with Gasteiger partial charge >= 0.3 is 0 Å². The molecule has 0 unspecified atom stereocenters. The van der Waals surface area contributed by atoms with E-state index in [9.17, 15) is 0 Å². The molecule has 0 N–H and O–H groups in total. The zero-order chi connectivity index (χ0) is 9.12. The average Bonchev–Trinajstić information content (AvgIpc) is 2.80. The van der Waals surface area contributed by atoms with Gasteiger partial charge in [0.15, 0.2) is 0 Å². The van der Waals surface area contributed by atoms with Crippen molar-refractivity contribution in [2.24, 2.45) is 0 Å². The second-order valence-corrected chi connectivity index (χ2v) is 5.63. The van der Waals surface area contributed by atoms with E-state index in [0.717, 1.165) is 6.42 Å². The van der Waals surface area contributed by atoms with Crippen molar-refractivity contribution < 1.29 is 0 Å². The third-order valence-corrected chi connectivity index (χ3v) is 5.29. The lowest BCUT2D eigenvalue weighted by Gasteiger charge is -1.85. The fourth-order valence-corrected chi connectivity index (χ4v) is 4.77. The maximum atomic E-state index is 3.33. The highest BCUT2D eigenvalue weighted by Gasteiger charge is 2.16. The molecule has 0 spiro atoms. The van der Waals surface area contributed by atoms with Crippen LogP contribution in [0.5, 0.6) is 0 Å². The van der Waals surface area contributed by atoms with Crippen molar-refractivity contribution in [2.45, 2.75) is 6.42 Å². The molecule has 2 heterocycles. The Bertz CT molecular complexity index is 731. The van der Waals surface area contributed by atoms with Crippen LogP contribution in [0.1, 0.15) is 10.4 Å². The Hall–Kier alpha value is -1.08. The molecule has 0 nitrogen and oxygen atoms in total. The third-order valence-electron chi connectivity index (χ3n) is 2.73. The van der Waals surface area contributed by atoms with Crippen molar-refractivity contribution in [1.29, 1.82) is 0 Å². The third kappa shape index (κ3) is 0.709. The quantitative estimate of drug-likeness (QED) is 0.631. The monoisotopic (exact) mass is 214 g/mol. The second-order valence-electron chi connectivity index (χ2n) is 3.53. The van der Waals surface area contributed by atoms with Gasteiger partial charge in [0.05, 0.1) is 14.6 Å². The van der Waals surface area contributed by atoms with Crippen molar-refractivity contribution >= 4 is 50.0 Å². The van der Waals surface area contributed by atoms with E-state index in [1.54, 1.807) is 5.56 Å². The minimum absolute atomic E-state index is 1.12. The molecule has 2 aliphatic carbocycles. The van der Waals surface area contributed by atoms with Crippen molar-refractivity contribution in [1.82, 2.24) is 0 Å². The summed E-state index contributed by atoms with van der Waals surface area (Å²) in [5.74, 6) is 0. The fraction of sp³-hybridized carbons (Fsp3) is 0.0833. The Morgan fingerprint density at radius 3 is 3.21 bits per heavy atom. The molecule has 0 atom stereocenters. The standard InChI is InChI=1S/C12H6S2/c1-3-7-9(5-1)13-12-8-4-2-6-10(8)14-11(7)12/h1-2,5-6H,3H2. The first-order valence-electron chi connectivity index (χ1n) is 4.61. The van der Waals surface area contributed by atoms with Gasteiger partial charge in [0, 0.05) is 9.41 Å². The number of allylic oxidation sites excluding steroid dienone is 2. The minimum atomic E-state index is 1.12. The van der Waals surface area contributed by atoms with Crippen LogP contribution in [0.2, 0.25) is 0 Å². The minimum Gasteiger partial charge on any atom is -0.133 e. The maximum Gasteiger partial charge on any atom is 0.0616 e. The zero-order valence-electron chi connectivity index (χ0n) is 7.33. The normalized spacial score (nSPS) is 15.7. The van der Waals surface area contributed by atoms with Gasteiger partial charge in [-0.2, -0.15) is 0 Å². The highest BCUT2D eigenvalue weighted by atomic mass is 32.1. The number of hydrogen-bond acceptors (Lipinski definition) is 2. The summed E-state index contributed by atoms with van der Waals surface area (Å²) < 4.78 is 4.34. The first kappa shape index (κ1) is 7.24. The SMILES string of the molecule is C1=CC=c2sc3c4c(sc3c2=1)C=CC4. The Balaban J connectivity index is 2.37. The Morgan fingerprint density at radius 1 is 1.21 bits per heavy atom. The molecule has 0 radical (unpaired) electrons. The van der Waals surface area contributed by atoms with Gasteiger partial charge in [-0.15, -0.1) is 28.4 Å². The molecule has 66 valence electrons. The van der Waals surface area contributed by atoms with E-state index < -0.39 is 0 Å². The summed E-state index contributed by atoms with van der Waals surface area (Å²) in [6, 6.07) is 0. The predicted molar refractivity (Wildman–Crippen MR) is 64.1 cm³/mol. The molecule has 2 aliphatic rings. The molecule has 2 aromatic heterocycles. The molecule has 0 amide bonds. The van der Waals surface area contributed by atoms with Crippen LogP contribution in [-0.2, 0) is 6.42 Å². The highest BCUT2D eigenvalue weighted by molar-refractivity contribution is 7.27.